The molecule has 1 N–H and O–H groups in total. The molecule has 1 aliphatic heterocycles. The Morgan fingerprint density at radius 2 is 1.73 bits per heavy atom. The SMILES string of the molecule is CCOc1ccc(C(=O)C(C[NH+]2CCOCC2)c2ccccc2)cc1.[Cl-]. The lowest BCUT2D eigenvalue weighted by atomic mass is 9.90. The second kappa shape index (κ2) is 10.3. The van der Waals surface area contributed by atoms with Crippen molar-refractivity contribution in [2.24, 2.45) is 0 Å². The van der Waals surface area contributed by atoms with Gasteiger partial charge >= 0.3 is 0 Å². The Labute approximate surface area is 161 Å². The van der Waals surface area contributed by atoms with E-state index in [-0.39, 0.29) is 24.1 Å². The third kappa shape index (κ3) is 5.31. The van der Waals surface area contributed by atoms with Gasteiger partial charge in [-0.3, -0.25) is 4.79 Å². The van der Waals surface area contributed by atoms with Gasteiger partial charge in [0.05, 0.1) is 32.3 Å². The van der Waals surface area contributed by atoms with Crippen molar-refractivity contribution in [2.75, 3.05) is 39.5 Å². The van der Waals surface area contributed by atoms with E-state index in [4.69, 9.17) is 9.47 Å². The first-order chi connectivity index (χ1) is 12.3. The van der Waals surface area contributed by atoms with E-state index >= 15 is 0 Å². The lowest BCUT2D eigenvalue weighted by Gasteiger charge is -2.27. The second-order valence-electron chi connectivity index (χ2n) is 6.35. The van der Waals surface area contributed by atoms with Crippen molar-refractivity contribution in [3.05, 3.63) is 65.7 Å². The van der Waals surface area contributed by atoms with Gasteiger partial charge in [-0.1, -0.05) is 30.3 Å². The van der Waals surface area contributed by atoms with Crippen molar-refractivity contribution in [2.45, 2.75) is 12.8 Å². The summed E-state index contributed by atoms with van der Waals surface area (Å²) in [5.74, 6) is 0.842. The fourth-order valence-electron chi connectivity index (χ4n) is 3.28. The molecule has 4 nitrogen and oxygen atoms in total. The topological polar surface area (TPSA) is 40.0 Å². The van der Waals surface area contributed by atoms with Gasteiger partial charge in [-0.05, 0) is 36.8 Å². The van der Waals surface area contributed by atoms with Crippen LogP contribution >= 0.6 is 0 Å². The number of quaternary nitrogens is 1. The highest BCUT2D eigenvalue weighted by atomic mass is 35.5. The lowest BCUT2D eigenvalue weighted by Crippen LogP contribution is -3.14. The summed E-state index contributed by atoms with van der Waals surface area (Å²) in [6.07, 6.45) is 0. The smallest absolute Gasteiger partial charge is 0.175 e. The Balaban J connectivity index is 0.00000243. The van der Waals surface area contributed by atoms with E-state index in [2.05, 4.69) is 12.1 Å². The van der Waals surface area contributed by atoms with E-state index in [1.165, 1.54) is 4.90 Å². The number of rotatable bonds is 7. The zero-order chi connectivity index (χ0) is 17.5. The van der Waals surface area contributed by atoms with E-state index < -0.39 is 0 Å². The van der Waals surface area contributed by atoms with Crippen LogP contribution in [0.1, 0.15) is 28.8 Å². The zero-order valence-electron chi connectivity index (χ0n) is 15.1. The molecule has 1 aliphatic rings. The van der Waals surface area contributed by atoms with Gasteiger partial charge in [0.25, 0.3) is 0 Å². The third-order valence-corrected chi connectivity index (χ3v) is 4.66. The van der Waals surface area contributed by atoms with Crippen LogP contribution in [0.3, 0.4) is 0 Å². The Bertz CT molecular complexity index is 669. The van der Waals surface area contributed by atoms with Crippen molar-refractivity contribution in [3.63, 3.8) is 0 Å². The van der Waals surface area contributed by atoms with Crippen LogP contribution in [0.2, 0.25) is 0 Å². The average molecular weight is 376 g/mol. The maximum absolute atomic E-state index is 13.2. The van der Waals surface area contributed by atoms with Crippen molar-refractivity contribution < 1.29 is 31.6 Å². The van der Waals surface area contributed by atoms with E-state index in [1.54, 1.807) is 0 Å². The first kappa shape index (κ1) is 20.4. The monoisotopic (exact) mass is 375 g/mol. The summed E-state index contributed by atoms with van der Waals surface area (Å²) in [4.78, 5) is 14.6. The third-order valence-electron chi connectivity index (χ3n) is 4.66. The van der Waals surface area contributed by atoms with Crippen molar-refractivity contribution in [1.82, 2.24) is 0 Å². The summed E-state index contributed by atoms with van der Waals surface area (Å²) in [5.41, 5.74) is 1.82. The number of hydrogen-bond donors (Lipinski definition) is 1. The molecule has 1 heterocycles. The molecule has 5 heteroatoms. The summed E-state index contributed by atoms with van der Waals surface area (Å²) in [7, 11) is 0. The average Bonchev–Trinajstić information content (AvgIpc) is 2.68. The zero-order valence-corrected chi connectivity index (χ0v) is 15.9. The summed E-state index contributed by atoms with van der Waals surface area (Å²) >= 11 is 0. The van der Waals surface area contributed by atoms with Gasteiger partial charge < -0.3 is 26.8 Å². The molecule has 0 radical (unpaired) electrons. The Morgan fingerprint density at radius 3 is 2.35 bits per heavy atom. The molecule has 0 aromatic heterocycles. The van der Waals surface area contributed by atoms with Crippen molar-refractivity contribution in [1.29, 1.82) is 0 Å². The van der Waals surface area contributed by atoms with Crippen LogP contribution in [0.15, 0.2) is 54.6 Å². The molecule has 0 bridgehead atoms. The molecular weight excluding hydrogens is 350 g/mol. The number of benzene rings is 2. The van der Waals surface area contributed by atoms with Crippen LogP contribution in [-0.2, 0) is 4.74 Å². The highest BCUT2D eigenvalue weighted by molar-refractivity contribution is 6.01. The molecule has 0 amide bonds. The molecular formula is C21H26ClNO3. The first-order valence-electron chi connectivity index (χ1n) is 9.01. The molecule has 1 fully saturated rings. The molecule has 0 saturated carbocycles. The molecule has 0 aliphatic carbocycles. The van der Waals surface area contributed by atoms with Crippen LogP contribution in [0.4, 0.5) is 0 Å². The summed E-state index contributed by atoms with van der Waals surface area (Å²) in [5, 5.41) is 0. The number of ether oxygens (including phenoxy) is 2. The van der Waals surface area contributed by atoms with E-state index in [0.29, 0.717) is 6.61 Å². The first-order valence-corrected chi connectivity index (χ1v) is 9.01. The molecule has 3 rings (SSSR count). The largest absolute Gasteiger partial charge is 1.00 e. The fourth-order valence-corrected chi connectivity index (χ4v) is 3.28. The predicted octanol–water partition coefficient (Wildman–Crippen LogP) is -1.03. The molecule has 1 unspecified atom stereocenters. The number of carbonyl (C=O) groups is 1. The second-order valence-corrected chi connectivity index (χ2v) is 6.35. The molecule has 2 aromatic rings. The number of nitrogens with one attached hydrogen (secondary N) is 1. The highest BCUT2D eigenvalue weighted by Gasteiger charge is 2.28. The van der Waals surface area contributed by atoms with Gasteiger partial charge in [0.15, 0.2) is 5.78 Å². The quantitative estimate of drug-likeness (QED) is 0.629. The fraction of sp³-hybridized carbons (Fsp3) is 0.381. The van der Waals surface area contributed by atoms with Gasteiger partial charge in [0.2, 0.25) is 0 Å². The minimum atomic E-state index is -0.132. The molecule has 140 valence electrons. The number of ketones is 1. The maximum Gasteiger partial charge on any atom is 0.175 e. The number of halogens is 1. The van der Waals surface area contributed by atoms with Crippen LogP contribution in [-0.4, -0.2) is 45.2 Å². The van der Waals surface area contributed by atoms with E-state index in [0.717, 1.165) is 49.7 Å². The van der Waals surface area contributed by atoms with Crippen LogP contribution in [0.25, 0.3) is 0 Å². The van der Waals surface area contributed by atoms with Gasteiger partial charge in [-0.2, -0.15) is 0 Å². The number of Topliss-reactive ketones (excluding diaryl/α,β-unsaturated/α-hetero) is 1. The predicted molar refractivity (Wildman–Crippen MR) is 97.5 cm³/mol. The normalized spacial score (nSPS) is 15.7. The summed E-state index contributed by atoms with van der Waals surface area (Å²) in [6, 6.07) is 17.6. The molecule has 0 spiro atoms. The van der Waals surface area contributed by atoms with Gasteiger partial charge in [0.1, 0.15) is 18.8 Å². The molecule has 26 heavy (non-hydrogen) atoms. The summed E-state index contributed by atoms with van der Waals surface area (Å²) < 4.78 is 10.9. The molecule has 2 aromatic carbocycles. The minimum absolute atomic E-state index is 0. The van der Waals surface area contributed by atoms with Crippen LogP contribution in [0, 0.1) is 0 Å². The number of morpholine rings is 1. The van der Waals surface area contributed by atoms with Crippen molar-refractivity contribution in [3.8, 4) is 5.75 Å². The van der Waals surface area contributed by atoms with Crippen LogP contribution in [0.5, 0.6) is 5.75 Å². The Morgan fingerprint density at radius 1 is 1.08 bits per heavy atom. The lowest BCUT2D eigenvalue weighted by molar-refractivity contribution is -0.908. The minimum Gasteiger partial charge on any atom is -1.00 e. The van der Waals surface area contributed by atoms with Gasteiger partial charge in [-0.25, -0.2) is 0 Å². The summed E-state index contributed by atoms with van der Waals surface area (Å²) in [6.45, 7) is 6.84. The maximum atomic E-state index is 13.2. The number of hydrogen-bond acceptors (Lipinski definition) is 3. The van der Waals surface area contributed by atoms with Gasteiger partial charge in [0, 0.05) is 5.56 Å². The van der Waals surface area contributed by atoms with E-state index in [9.17, 15) is 4.79 Å². The van der Waals surface area contributed by atoms with Crippen molar-refractivity contribution >= 4 is 5.78 Å². The number of carbonyl (C=O) groups excluding carboxylic acids is 1. The van der Waals surface area contributed by atoms with Gasteiger partial charge in [-0.15, -0.1) is 0 Å². The van der Waals surface area contributed by atoms with E-state index in [1.807, 2.05) is 49.4 Å². The van der Waals surface area contributed by atoms with Crippen LogP contribution < -0.4 is 22.0 Å². The Hall–Kier alpha value is -1.88. The standard InChI is InChI=1S/C21H25NO3.ClH/c1-2-25-19-10-8-18(9-11-19)21(23)20(17-6-4-3-5-7-17)16-22-12-14-24-15-13-22;/h3-11,20H,2,12-16H2,1H3;1H. The Kier molecular flexibility index (Phi) is 8.10. The molecule has 1 saturated heterocycles. The molecule has 1 atom stereocenters. The highest BCUT2D eigenvalue weighted by Crippen LogP contribution is 2.21.